The average Bonchev–Trinajstić information content (AvgIpc) is 3.30. The normalized spacial score (nSPS) is 30.7. The molecule has 0 radical (unpaired) electrons. The first kappa shape index (κ1) is 27.1. The number of non-ortho nitro benzene ring substituents is 1. The molecule has 6 rings (SSSR count). The molecular weight excluding hydrogens is 504 g/mol. The number of aromatic hydroxyl groups is 1. The van der Waals surface area contributed by atoms with Crippen LogP contribution in [-0.4, -0.2) is 66.1 Å². The molecule has 5 aliphatic rings. The van der Waals surface area contributed by atoms with Gasteiger partial charge < -0.3 is 20.4 Å². The van der Waals surface area contributed by atoms with Crippen molar-refractivity contribution in [2.45, 2.75) is 68.5 Å². The molecule has 204 valence electrons. The Morgan fingerprint density at radius 3 is 2.13 bits per heavy atom. The third kappa shape index (κ3) is 5.36. The van der Waals surface area contributed by atoms with E-state index in [9.17, 15) is 40.2 Å². The number of likely N-dealkylation sites (tertiary alicyclic amines) is 1. The molecule has 15 nitrogen and oxygen atoms in total. The number of nitro benzene ring substituents is 3. The number of nitrogens with one attached hydrogen (secondary N) is 1. The number of nitriles is 1. The molecule has 0 aromatic heterocycles. The molecule has 4 saturated carbocycles. The maximum Gasteiger partial charge on any atom is 0.324 e. The van der Waals surface area contributed by atoms with Crippen LogP contribution in [0, 0.1) is 53.5 Å². The summed E-state index contributed by atoms with van der Waals surface area (Å²) in [4.78, 5) is 41.9. The lowest BCUT2D eigenvalue weighted by Gasteiger charge is -2.60. The lowest BCUT2D eigenvalue weighted by molar-refractivity contribution is -0.404. The molecule has 1 aromatic carbocycles. The molecule has 1 saturated heterocycles. The van der Waals surface area contributed by atoms with Gasteiger partial charge in [0.2, 0.25) is 5.91 Å². The van der Waals surface area contributed by atoms with Gasteiger partial charge in [-0.05, 0) is 63.2 Å². The summed E-state index contributed by atoms with van der Waals surface area (Å²) >= 11 is 0. The Kier molecular flexibility index (Phi) is 7.22. The highest BCUT2D eigenvalue weighted by molar-refractivity contribution is 5.79. The van der Waals surface area contributed by atoms with Gasteiger partial charge in [0.25, 0.3) is 11.4 Å². The van der Waals surface area contributed by atoms with Gasteiger partial charge in [-0.3, -0.25) is 35.1 Å². The molecule has 1 amide bonds. The van der Waals surface area contributed by atoms with Crippen LogP contribution in [0.4, 0.5) is 17.1 Å². The van der Waals surface area contributed by atoms with Crippen LogP contribution >= 0.6 is 0 Å². The van der Waals surface area contributed by atoms with E-state index in [2.05, 4.69) is 11.4 Å². The van der Waals surface area contributed by atoms with E-state index < -0.39 is 43.2 Å². The van der Waals surface area contributed by atoms with Gasteiger partial charge in [0.15, 0.2) is 0 Å². The molecule has 38 heavy (non-hydrogen) atoms. The van der Waals surface area contributed by atoms with E-state index in [1.165, 1.54) is 6.42 Å². The summed E-state index contributed by atoms with van der Waals surface area (Å²) in [6.45, 7) is 1.02. The van der Waals surface area contributed by atoms with Gasteiger partial charge in [0.1, 0.15) is 6.04 Å². The van der Waals surface area contributed by atoms with Gasteiger partial charge >= 0.3 is 11.4 Å². The topological polar surface area (TPSA) is 226 Å². The highest BCUT2D eigenvalue weighted by Gasteiger charge is 2.57. The summed E-state index contributed by atoms with van der Waals surface area (Å²) in [5.41, 5.74) is -3.54. The molecule has 4 aliphatic carbocycles. The minimum atomic E-state index is -1.21. The minimum absolute atomic E-state index is 0.0453. The number of hydrogen-bond donors (Lipinski definition) is 3. The quantitative estimate of drug-likeness (QED) is 0.355. The van der Waals surface area contributed by atoms with Gasteiger partial charge in [-0.25, -0.2) is 0 Å². The van der Waals surface area contributed by atoms with Gasteiger partial charge in [-0.1, -0.05) is 0 Å². The molecule has 15 heteroatoms. The van der Waals surface area contributed by atoms with Crippen molar-refractivity contribution in [2.75, 3.05) is 13.1 Å². The molecule has 4 bridgehead atoms. The number of nitro groups is 3. The average molecular weight is 533 g/mol. The number of carbonyl (C=O) groups is 1. The second-order valence-electron chi connectivity index (χ2n) is 10.8. The lowest BCUT2D eigenvalue weighted by Crippen LogP contribution is -2.65. The number of phenolic OH excluding ortho intramolecular Hbond substituents is 1. The molecular formula is C23H28N6O9. The maximum atomic E-state index is 12.4. The van der Waals surface area contributed by atoms with Gasteiger partial charge in [0.05, 0.1) is 45.1 Å². The van der Waals surface area contributed by atoms with Crippen LogP contribution in [0.25, 0.3) is 0 Å². The number of hydrogen-bond acceptors (Lipinski definition) is 11. The standard InChI is InChI=1S/C17H25N3O2.C6H3N3O7/c18-9-14-2-1-3-20(14)15(21)10-19-16-5-12-4-13(6-16)8-17(22,7-12)11-16;10-6-4(8(13)14)1-3(7(11)12)2-5(6)9(15)16/h12-14,19,22H,1-8,10-11H2;1-2,10H/t12?,13?,14-,16?,17?;/m0./s1. The predicted octanol–water partition coefficient (Wildman–Crippen LogP) is 2.29. The molecule has 0 spiro atoms. The molecule has 3 atom stereocenters. The van der Waals surface area contributed by atoms with Crippen LogP contribution in [0.1, 0.15) is 51.4 Å². The Morgan fingerprint density at radius 2 is 1.66 bits per heavy atom. The van der Waals surface area contributed by atoms with E-state index in [1.54, 1.807) is 4.90 Å². The van der Waals surface area contributed by atoms with Crippen LogP contribution in [-0.2, 0) is 4.79 Å². The zero-order chi connectivity index (χ0) is 27.8. The van der Waals surface area contributed by atoms with Crippen molar-refractivity contribution < 1.29 is 29.8 Å². The zero-order valence-electron chi connectivity index (χ0n) is 20.4. The third-order valence-corrected chi connectivity index (χ3v) is 8.03. The summed E-state index contributed by atoms with van der Waals surface area (Å²) in [7, 11) is 0. The molecule has 1 heterocycles. The molecule has 2 unspecified atom stereocenters. The number of aliphatic hydroxyl groups is 1. The second kappa shape index (κ2) is 10.1. The SMILES string of the molecule is N#C[C@@H]1CCCN1C(=O)CNC12CC3CC(CC(O)(C3)C1)C2.O=[N+]([O-])c1cc([N+](=O)[O-])c(O)c([N+](=O)[O-])c1. The first-order valence-electron chi connectivity index (χ1n) is 12.3. The first-order chi connectivity index (χ1) is 17.8. The van der Waals surface area contributed by atoms with E-state index in [0.29, 0.717) is 37.1 Å². The second-order valence-corrected chi connectivity index (χ2v) is 10.8. The minimum Gasteiger partial charge on any atom is -0.497 e. The number of amides is 1. The number of nitrogens with zero attached hydrogens (tertiary/aromatic N) is 5. The van der Waals surface area contributed by atoms with Gasteiger partial charge in [-0.2, -0.15) is 5.26 Å². The molecule has 1 aromatic rings. The van der Waals surface area contributed by atoms with E-state index >= 15 is 0 Å². The Bertz CT molecular complexity index is 1170. The summed E-state index contributed by atoms with van der Waals surface area (Å²) in [6, 6.07) is 2.88. The summed E-state index contributed by atoms with van der Waals surface area (Å²) in [5.74, 6) is 0.0763. The molecule has 5 fully saturated rings. The fourth-order valence-corrected chi connectivity index (χ4v) is 6.96. The van der Waals surface area contributed by atoms with Gasteiger partial charge in [-0.15, -0.1) is 0 Å². The smallest absolute Gasteiger partial charge is 0.324 e. The Morgan fingerprint density at radius 1 is 1.08 bits per heavy atom. The van der Waals surface area contributed by atoms with Crippen molar-refractivity contribution in [3.63, 3.8) is 0 Å². The lowest BCUT2D eigenvalue weighted by atomic mass is 9.51. The highest BCUT2D eigenvalue weighted by Crippen LogP contribution is 2.57. The van der Waals surface area contributed by atoms with Gasteiger partial charge in [0, 0.05) is 12.1 Å². The van der Waals surface area contributed by atoms with Crippen LogP contribution in [0.2, 0.25) is 0 Å². The first-order valence-corrected chi connectivity index (χ1v) is 12.3. The maximum absolute atomic E-state index is 12.4. The number of rotatable bonds is 6. The monoisotopic (exact) mass is 532 g/mol. The van der Waals surface area contributed by atoms with Crippen LogP contribution in [0.15, 0.2) is 12.1 Å². The number of phenols is 1. The van der Waals surface area contributed by atoms with Crippen molar-refractivity contribution >= 4 is 23.0 Å². The Hall–Kier alpha value is -3.90. The van der Waals surface area contributed by atoms with E-state index in [1.807, 2.05) is 0 Å². The Labute approximate surface area is 216 Å². The molecule has 1 aliphatic heterocycles. The number of carbonyl (C=O) groups excluding carboxylic acids is 1. The van der Waals surface area contributed by atoms with Crippen molar-refractivity contribution in [3.05, 3.63) is 42.5 Å². The van der Waals surface area contributed by atoms with Crippen LogP contribution in [0.3, 0.4) is 0 Å². The van der Waals surface area contributed by atoms with E-state index in [4.69, 9.17) is 10.4 Å². The highest BCUT2D eigenvalue weighted by atomic mass is 16.6. The fourth-order valence-electron chi connectivity index (χ4n) is 6.96. The fraction of sp³-hybridized carbons (Fsp3) is 0.652. The van der Waals surface area contributed by atoms with E-state index in [0.717, 1.165) is 44.9 Å². The predicted molar refractivity (Wildman–Crippen MR) is 129 cm³/mol. The van der Waals surface area contributed by atoms with Crippen molar-refractivity contribution in [3.8, 4) is 11.8 Å². The van der Waals surface area contributed by atoms with E-state index in [-0.39, 0.29) is 17.5 Å². The third-order valence-electron chi connectivity index (χ3n) is 8.03. The van der Waals surface area contributed by atoms with Crippen LogP contribution in [0.5, 0.6) is 5.75 Å². The largest absolute Gasteiger partial charge is 0.497 e. The Balaban J connectivity index is 0.000000188. The summed E-state index contributed by atoms with van der Waals surface area (Å²) < 4.78 is 0. The molecule has 3 N–H and O–H groups in total. The van der Waals surface area contributed by atoms with Crippen molar-refractivity contribution in [2.24, 2.45) is 11.8 Å². The number of benzene rings is 1. The van der Waals surface area contributed by atoms with Crippen LogP contribution < -0.4 is 5.32 Å². The van der Waals surface area contributed by atoms with Crippen molar-refractivity contribution in [1.29, 1.82) is 5.26 Å². The summed E-state index contributed by atoms with van der Waals surface area (Å²) in [6.07, 6.45) is 7.87. The van der Waals surface area contributed by atoms with Crippen molar-refractivity contribution in [1.82, 2.24) is 10.2 Å². The summed E-state index contributed by atoms with van der Waals surface area (Å²) in [5, 5.41) is 63.6. The zero-order valence-corrected chi connectivity index (χ0v) is 20.4.